The summed E-state index contributed by atoms with van der Waals surface area (Å²) >= 11 is 0. The molecule has 0 saturated carbocycles. The van der Waals surface area contributed by atoms with Gasteiger partial charge in [-0.1, -0.05) is 0 Å². The number of ketones is 1. The van der Waals surface area contributed by atoms with Crippen LogP contribution in [0.4, 0.5) is 13.2 Å². The Morgan fingerprint density at radius 3 is 2.57 bits per heavy atom. The second-order valence-electron chi connectivity index (χ2n) is 8.01. The molecule has 0 N–H and O–H groups in total. The zero-order chi connectivity index (χ0) is 21.6. The van der Waals surface area contributed by atoms with Crippen LogP contribution in [0.15, 0.2) is 30.3 Å². The van der Waals surface area contributed by atoms with Gasteiger partial charge in [0, 0.05) is 34.7 Å². The fourth-order valence-corrected chi connectivity index (χ4v) is 4.97. The molecule has 5 nitrogen and oxygen atoms in total. The molecule has 2 aliphatic heterocycles. The number of alkyl halides is 3. The Labute approximate surface area is 172 Å². The maximum Gasteiger partial charge on any atom is 0.522 e. The van der Waals surface area contributed by atoms with Crippen molar-refractivity contribution in [2.75, 3.05) is 6.54 Å². The van der Waals surface area contributed by atoms with E-state index in [0.29, 0.717) is 24.0 Å². The minimum Gasteiger partial charge on any atom is -0.318 e. The van der Waals surface area contributed by atoms with Crippen LogP contribution in [0.2, 0.25) is 0 Å². The van der Waals surface area contributed by atoms with E-state index < -0.39 is 12.5 Å². The van der Waals surface area contributed by atoms with E-state index in [4.69, 9.17) is 5.26 Å². The Morgan fingerprint density at radius 2 is 1.93 bits per heavy atom. The first-order chi connectivity index (χ1) is 14.2. The lowest BCUT2D eigenvalue weighted by atomic mass is 9.98. The average Bonchev–Trinajstić information content (AvgIpc) is 3.31. The highest BCUT2D eigenvalue weighted by Crippen LogP contribution is 2.41. The first kappa shape index (κ1) is 20.6. The number of fused-ring (bicyclic) bond motifs is 2. The van der Waals surface area contributed by atoms with Gasteiger partial charge in [0.05, 0.1) is 24.3 Å². The maximum absolute atomic E-state index is 13.1. The van der Waals surface area contributed by atoms with Gasteiger partial charge in [0.15, 0.2) is 5.78 Å². The molecule has 2 aliphatic rings. The number of Topliss-reactive ketones (excluding diaryl/α,β-unsaturated/α-hetero) is 1. The number of nitrogens with zero attached hydrogens (tertiary/aromatic N) is 3. The van der Waals surface area contributed by atoms with Crippen LogP contribution in [0.5, 0.6) is 0 Å². The number of hydrogen-bond acceptors (Lipinski definition) is 4. The fraction of sp³-hybridized carbons (Fsp3) is 0.455. The summed E-state index contributed by atoms with van der Waals surface area (Å²) in [6, 6.07) is 10.6. The van der Waals surface area contributed by atoms with Crippen LogP contribution < -0.4 is 0 Å². The molecule has 30 heavy (non-hydrogen) atoms. The Balaban J connectivity index is 1.53. The molecule has 2 saturated heterocycles. The van der Waals surface area contributed by atoms with Crippen LogP contribution in [0.1, 0.15) is 46.6 Å². The summed E-state index contributed by atoms with van der Waals surface area (Å²) in [5, 5.41) is 8.97. The molecule has 1 aromatic heterocycles. The Bertz CT molecular complexity index is 1000. The van der Waals surface area contributed by atoms with Gasteiger partial charge >= 0.3 is 6.36 Å². The highest BCUT2D eigenvalue weighted by Gasteiger charge is 2.51. The van der Waals surface area contributed by atoms with Crippen LogP contribution >= 0.6 is 0 Å². The van der Waals surface area contributed by atoms with E-state index in [1.54, 1.807) is 12.1 Å². The second-order valence-corrected chi connectivity index (χ2v) is 8.01. The number of nitriles is 1. The van der Waals surface area contributed by atoms with Gasteiger partial charge in [-0.15, -0.1) is 13.2 Å². The standard InChI is InChI=1S/C22H22F3N3O2/c1-13-9-18(14(2)28(13)16-5-3-15(11-26)4-6-16)20(29)12-27-17-7-8-19(27)21(10-17)30-22(23,24)25/h3-6,9,17,19,21H,7-8,10,12H2,1-2H3/t17?,19?,21-/m0/s1. The van der Waals surface area contributed by atoms with Gasteiger partial charge in [0.1, 0.15) is 0 Å². The van der Waals surface area contributed by atoms with Crippen molar-refractivity contribution in [2.24, 2.45) is 0 Å². The molecule has 2 bridgehead atoms. The van der Waals surface area contributed by atoms with Crippen molar-refractivity contribution >= 4 is 5.78 Å². The maximum atomic E-state index is 13.1. The summed E-state index contributed by atoms with van der Waals surface area (Å²) < 4.78 is 44.2. The average molecular weight is 417 g/mol. The molecule has 0 amide bonds. The Morgan fingerprint density at radius 1 is 1.23 bits per heavy atom. The van der Waals surface area contributed by atoms with Crippen LogP contribution in [0.3, 0.4) is 0 Å². The molecular weight excluding hydrogens is 395 g/mol. The molecule has 0 aliphatic carbocycles. The summed E-state index contributed by atoms with van der Waals surface area (Å²) in [5.41, 5.74) is 3.62. The minimum absolute atomic E-state index is 0.0479. The summed E-state index contributed by atoms with van der Waals surface area (Å²) in [4.78, 5) is 15.0. The van der Waals surface area contributed by atoms with Crippen molar-refractivity contribution in [3.8, 4) is 11.8 Å². The molecule has 4 rings (SSSR count). The molecule has 2 aromatic rings. The summed E-state index contributed by atoms with van der Waals surface area (Å²) in [6.07, 6.45) is -3.84. The lowest BCUT2D eigenvalue weighted by molar-refractivity contribution is -0.345. The Kier molecular flexibility index (Phi) is 5.20. The molecule has 0 spiro atoms. The quantitative estimate of drug-likeness (QED) is 0.681. The lowest BCUT2D eigenvalue weighted by Gasteiger charge is -2.24. The third kappa shape index (κ3) is 3.75. The second kappa shape index (κ2) is 7.56. The number of hydrogen-bond donors (Lipinski definition) is 0. The first-order valence-electron chi connectivity index (χ1n) is 9.91. The smallest absolute Gasteiger partial charge is 0.318 e. The molecule has 8 heteroatoms. The SMILES string of the molecule is Cc1cc(C(=O)CN2C3CCC2[C@@H](OC(F)(F)F)C3)c(C)n1-c1ccc(C#N)cc1. The van der Waals surface area contributed by atoms with E-state index in [2.05, 4.69) is 10.8 Å². The van der Waals surface area contributed by atoms with Crippen molar-refractivity contribution in [3.63, 3.8) is 0 Å². The first-order valence-corrected chi connectivity index (χ1v) is 9.91. The third-order valence-electron chi connectivity index (χ3n) is 6.22. The van der Waals surface area contributed by atoms with Gasteiger partial charge in [-0.2, -0.15) is 5.26 Å². The van der Waals surface area contributed by atoms with E-state index in [1.807, 2.05) is 41.5 Å². The summed E-state index contributed by atoms with van der Waals surface area (Å²) in [5.74, 6) is -0.104. The minimum atomic E-state index is -4.66. The van der Waals surface area contributed by atoms with Crippen molar-refractivity contribution in [1.29, 1.82) is 5.26 Å². The van der Waals surface area contributed by atoms with Gasteiger partial charge < -0.3 is 4.57 Å². The molecule has 2 unspecified atom stereocenters. The highest BCUT2D eigenvalue weighted by molar-refractivity contribution is 5.99. The molecule has 3 heterocycles. The van der Waals surface area contributed by atoms with Gasteiger partial charge in [-0.25, -0.2) is 0 Å². The fourth-order valence-electron chi connectivity index (χ4n) is 4.97. The molecular formula is C22H22F3N3O2. The van der Waals surface area contributed by atoms with Crippen molar-refractivity contribution < 1.29 is 22.7 Å². The van der Waals surface area contributed by atoms with Gasteiger partial charge in [-0.3, -0.25) is 14.4 Å². The normalized spacial score (nSPS) is 23.7. The van der Waals surface area contributed by atoms with Crippen LogP contribution in [0.25, 0.3) is 5.69 Å². The molecule has 2 fully saturated rings. The monoisotopic (exact) mass is 417 g/mol. The van der Waals surface area contributed by atoms with Gasteiger partial charge in [0.2, 0.25) is 0 Å². The predicted molar refractivity (Wildman–Crippen MR) is 103 cm³/mol. The number of aryl methyl sites for hydroxylation is 1. The van der Waals surface area contributed by atoms with Gasteiger partial charge in [-0.05, 0) is 63.4 Å². The Hall–Kier alpha value is -2.63. The zero-order valence-electron chi connectivity index (χ0n) is 16.7. The van der Waals surface area contributed by atoms with Crippen LogP contribution in [0, 0.1) is 25.2 Å². The number of ether oxygens (including phenoxy) is 1. The van der Waals surface area contributed by atoms with E-state index >= 15 is 0 Å². The number of benzene rings is 1. The number of carbonyl (C=O) groups is 1. The highest BCUT2D eigenvalue weighted by atomic mass is 19.4. The predicted octanol–water partition coefficient (Wildman–Crippen LogP) is 4.29. The number of rotatable bonds is 5. The van der Waals surface area contributed by atoms with Crippen LogP contribution in [-0.2, 0) is 4.74 Å². The number of carbonyl (C=O) groups excluding carboxylic acids is 1. The largest absolute Gasteiger partial charge is 0.522 e. The molecule has 158 valence electrons. The topological polar surface area (TPSA) is 58.3 Å². The van der Waals surface area contributed by atoms with E-state index in [0.717, 1.165) is 23.5 Å². The van der Waals surface area contributed by atoms with Crippen LogP contribution in [-0.4, -0.2) is 46.3 Å². The van der Waals surface area contributed by atoms with Crippen molar-refractivity contribution in [2.45, 2.75) is 57.7 Å². The van der Waals surface area contributed by atoms with E-state index in [-0.39, 0.29) is 24.4 Å². The van der Waals surface area contributed by atoms with E-state index in [1.165, 1.54) is 0 Å². The van der Waals surface area contributed by atoms with E-state index in [9.17, 15) is 18.0 Å². The molecule has 1 aromatic carbocycles. The molecule has 0 radical (unpaired) electrons. The third-order valence-corrected chi connectivity index (χ3v) is 6.22. The summed E-state index contributed by atoms with van der Waals surface area (Å²) in [6.45, 7) is 3.84. The molecule has 3 atom stereocenters. The van der Waals surface area contributed by atoms with Gasteiger partial charge in [0.25, 0.3) is 0 Å². The lowest BCUT2D eigenvalue weighted by Crippen LogP contribution is -2.39. The number of halogens is 3. The van der Waals surface area contributed by atoms with Crippen molar-refractivity contribution in [1.82, 2.24) is 9.47 Å². The zero-order valence-corrected chi connectivity index (χ0v) is 16.7. The number of aromatic nitrogens is 1. The van der Waals surface area contributed by atoms with Crippen molar-refractivity contribution in [3.05, 3.63) is 52.8 Å². The summed E-state index contributed by atoms with van der Waals surface area (Å²) in [7, 11) is 0.